The van der Waals surface area contributed by atoms with Crippen molar-refractivity contribution >= 4 is 11.9 Å². The fourth-order valence-electron chi connectivity index (χ4n) is 3.43. The Bertz CT molecular complexity index is 999. The second-order valence-electron chi connectivity index (χ2n) is 6.46. The number of rotatable bonds is 5. The second-order valence-corrected chi connectivity index (χ2v) is 6.46. The van der Waals surface area contributed by atoms with E-state index in [1.165, 1.54) is 7.11 Å². The quantitative estimate of drug-likeness (QED) is 0.692. The van der Waals surface area contributed by atoms with Crippen LogP contribution in [0.2, 0.25) is 0 Å². The van der Waals surface area contributed by atoms with Crippen molar-refractivity contribution in [1.29, 1.82) is 0 Å². The molecule has 0 heterocycles. The molecule has 28 heavy (non-hydrogen) atoms. The van der Waals surface area contributed by atoms with Crippen molar-refractivity contribution < 1.29 is 19.1 Å². The molecule has 0 radical (unpaired) electrons. The normalized spacial score (nSPS) is 12.0. The predicted octanol–water partition coefficient (Wildman–Crippen LogP) is 3.74. The minimum atomic E-state index is -0.493. The zero-order chi connectivity index (χ0) is 19.5. The van der Waals surface area contributed by atoms with Crippen molar-refractivity contribution in [1.82, 2.24) is 5.32 Å². The summed E-state index contributed by atoms with van der Waals surface area (Å²) in [5.41, 5.74) is 4.46. The van der Waals surface area contributed by atoms with E-state index in [9.17, 15) is 9.59 Å². The van der Waals surface area contributed by atoms with Gasteiger partial charge in [0, 0.05) is 16.7 Å². The lowest BCUT2D eigenvalue weighted by atomic mass is 10.1. The van der Waals surface area contributed by atoms with E-state index in [0.717, 1.165) is 22.3 Å². The van der Waals surface area contributed by atoms with Crippen LogP contribution in [0.5, 0.6) is 5.75 Å². The molecule has 140 valence electrons. The van der Waals surface area contributed by atoms with Crippen LogP contribution in [0.15, 0.2) is 72.8 Å². The topological polar surface area (TPSA) is 64.6 Å². The summed E-state index contributed by atoms with van der Waals surface area (Å²) in [6.45, 7) is -0.211. The summed E-state index contributed by atoms with van der Waals surface area (Å²) in [6, 6.07) is 22.5. The molecule has 1 amide bonds. The molecule has 1 N–H and O–H groups in total. The van der Waals surface area contributed by atoms with Crippen LogP contribution in [0.1, 0.15) is 27.6 Å². The highest BCUT2D eigenvalue weighted by Gasteiger charge is 2.30. The van der Waals surface area contributed by atoms with E-state index in [4.69, 9.17) is 9.47 Å². The van der Waals surface area contributed by atoms with Crippen LogP contribution in [-0.4, -0.2) is 25.5 Å². The molecule has 1 aliphatic rings. The van der Waals surface area contributed by atoms with Crippen molar-refractivity contribution in [2.24, 2.45) is 0 Å². The summed E-state index contributed by atoms with van der Waals surface area (Å²) in [5, 5.41) is 2.60. The first kappa shape index (κ1) is 17.8. The summed E-state index contributed by atoms with van der Waals surface area (Å²) in [6.07, 6.45) is -0.464. The van der Waals surface area contributed by atoms with Crippen molar-refractivity contribution in [2.45, 2.75) is 6.10 Å². The fraction of sp³-hybridized carbons (Fsp3) is 0.130. The molecule has 0 saturated heterocycles. The zero-order valence-electron chi connectivity index (χ0n) is 15.3. The Labute approximate surface area is 162 Å². The number of hydrogen-bond donors (Lipinski definition) is 1. The van der Waals surface area contributed by atoms with E-state index >= 15 is 0 Å². The maximum absolute atomic E-state index is 12.4. The van der Waals surface area contributed by atoms with Crippen LogP contribution in [-0.2, 0) is 9.53 Å². The molecule has 5 nitrogen and oxygen atoms in total. The molecule has 0 aliphatic heterocycles. The molecule has 0 fully saturated rings. The van der Waals surface area contributed by atoms with Crippen LogP contribution in [0, 0.1) is 0 Å². The highest BCUT2D eigenvalue weighted by molar-refractivity contribution is 5.96. The number of ether oxygens (including phenoxy) is 2. The average molecular weight is 373 g/mol. The molecular formula is C23H19NO4. The Hall–Kier alpha value is -3.60. The number of esters is 1. The van der Waals surface area contributed by atoms with E-state index in [0.29, 0.717) is 11.3 Å². The largest absolute Gasteiger partial charge is 0.497 e. The van der Waals surface area contributed by atoms with Gasteiger partial charge in [0.15, 0.2) is 6.10 Å². The van der Waals surface area contributed by atoms with Gasteiger partial charge in [-0.2, -0.15) is 0 Å². The lowest BCUT2D eigenvalue weighted by Crippen LogP contribution is -2.31. The molecule has 3 aromatic carbocycles. The second kappa shape index (κ2) is 7.56. The summed E-state index contributed by atoms with van der Waals surface area (Å²) in [5.74, 6) is -0.273. The van der Waals surface area contributed by atoms with Gasteiger partial charge in [0.2, 0.25) is 0 Å². The molecule has 0 atom stereocenters. The average Bonchev–Trinajstić information content (AvgIpc) is 3.06. The van der Waals surface area contributed by atoms with Gasteiger partial charge in [-0.1, -0.05) is 54.6 Å². The third-order valence-electron chi connectivity index (χ3n) is 4.75. The van der Waals surface area contributed by atoms with Crippen LogP contribution in [0.4, 0.5) is 0 Å². The Balaban J connectivity index is 1.45. The third-order valence-corrected chi connectivity index (χ3v) is 4.75. The van der Waals surface area contributed by atoms with Gasteiger partial charge in [-0.05, 0) is 29.3 Å². The van der Waals surface area contributed by atoms with Crippen molar-refractivity contribution in [2.75, 3.05) is 13.7 Å². The Morgan fingerprint density at radius 3 is 2.18 bits per heavy atom. The number of carbonyl (C=O) groups excluding carboxylic acids is 2. The van der Waals surface area contributed by atoms with Crippen LogP contribution in [0.3, 0.4) is 0 Å². The van der Waals surface area contributed by atoms with E-state index in [1.807, 2.05) is 48.5 Å². The summed E-state index contributed by atoms with van der Waals surface area (Å²) < 4.78 is 10.8. The molecule has 4 rings (SSSR count). The number of carbonyl (C=O) groups is 2. The standard InChI is InChI=1S/C23H19NO4/c1-27-16-8-6-7-15(13-16)23(26)24-14-21(25)28-22-19-11-4-2-9-17(19)18-10-3-5-12-20(18)22/h2-13,22H,14H2,1H3,(H,24,26). The number of nitrogens with one attached hydrogen (secondary N) is 1. The minimum absolute atomic E-state index is 0.211. The van der Waals surface area contributed by atoms with E-state index in [1.54, 1.807) is 24.3 Å². The number of fused-ring (bicyclic) bond motifs is 3. The molecular weight excluding hydrogens is 354 g/mol. The lowest BCUT2D eigenvalue weighted by Gasteiger charge is -2.15. The zero-order valence-corrected chi connectivity index (χ0v) is 15.3. The molecule has 0 unspecified atom stereocenters. The summed E-state index contributed by atoms with van der Waals surface area (Å²) in [4.78, 5) is 24.7. The lowest BCUT2D eigenvalue weighted by molar-refractivity contribution is -0.146. The van der Waals surface area contributed by atoms with Crippen molar-refractivity contribution in [3.63, 3.8) is 0 Å². The first-order chi connectivity index (χ1) is 13.7. The molecule has 0 bridgehead atoms. The number of amides is 1. The first-order valence-electron chi connectivity index (χ1n) is 8.97. The van der Waals surface area contributed by atoms with E-state index < -0.39 is 12.1 Å². The summed E-state index contributed by atoms with van der Waals surface area (Å²) >= 11 is 0. The third kappa shape index (κ3) is 3.34. The van der Waals surface area contributed by atoms with Crippen LogP contribution < -0.4 is 10.1 Å². The van der Waals surface area contributed by atoms with Crippen molar-refractivity contribution in [3.05, 3.63) is 89.5 Å². The number of methoxy groups -OCH3 is 1. The molecule has 0 aromatic heterocycles. The summed E-state index contributed by atoms with van der Waals surface area (Å²) in [7, 11) is 1.53. The van der Waals surface area contributed by atoms with Gasteiger partial charge in [-0.25, -0.2) is 0 Å². The van der Waals surface area contributed by atoms with Gasteiger partial charge in [0.1, 0.15) is 12.3 Å². The molecule has 0 spiro atoms. The van der Waals surface area contributed by atoms with Gasteiger partial charge in [-0.15, -0.1) is 0 Å². The predicted molar refractivity (Wildman–Crippen MR) is 105 cm³/mol. The molecule has 3 aromatic rings. The Kier molecular flexibility index (Phi) is 4.81. The van der Waals surface area contributed by atoms with E-state index in [2.05, 4.69) is 5.32 Å². The van der Waals surface area contributed by atoms with Crippen LogP contribution >= 0.6 is 0 Å². The SMILES string of the molecule is COc1cccc(C(=O)NCC(=O)OC2c3ccccc3-c3ccccc32)c1. The van der Waals surface area contributed by atoms with Crippen molar-refractivity contribution in [3.8, 4) is 16.9 Å². The highest BCUT2D eigenvalue weighted by atomic mass is 16.5. The van der Waals surface area contributed by atoms with Gasteiger partial charge < -0.3 is 14.8 Å². The van der Waals surface area contributed by atoms with Crippen LogP contribution in [0.25, 0.3) is 11.1 Å². The number of hydrogen-bond acceptors (Lipinski definition) is 4. The van der Waals surface area contributed by atoms with Gasteiger partial charge >= 0.3 is 5.97 Å². The molecule has 1 aliphatic carbocycles. The van der Waals surface area contributed by atoms with Gasteiger partial charge in [0.05, 0.1) is 7.11 Å². The van der Waals surface area contributed by atoms with Gasteiger partial charge in [-0.3, -0.25) is 9.59 Å². The Morgan fingerprint density at radius 2 is 1.54 bits per heavy atom. The maximum Gasteiger partial charge on any atom is 0.326 e. The fourth-order valence-corrected chi connectivity index (χ4v) is 3.43. The Morgan fingerprint density at radius 1 is 0.893 bits per heavy atom. The van der Waals surface area contributed by atoms with Gasteiger partial charge in [0.25, 0.3) is 5.91 Å². The highest BCUT2D eigenvalue weighted by Crippen LogP contribution is 2.44. The van der Waals surface area contributed by atoms with E-state index in [-0.39, 0.29) is 12.5 Å². The molecule has 5 heteroatoms. The maximum atomic E-state index is 12.4. The monoisotopic (exact) mass is 373 g/mol. The smallest absolute Gasteiger partial charge is 0.326 e. The molecule has 0 saturated carbocycles. The minimum Gasteiger partial charge on any atom is -0.497 e. The first-order valence-corrected chi connectivity index (χ1v) is 8.97. The number of benzene rings is 3.